The number of nitrogen functional groups attached to an aromatic ring is 1. The van der Waals surface area contributed by atoms with Crippen LogP contribution < -0.4 is 5.73 Å². The molecule has 0 bridgehead atoms. The van der Waals surface area contributed by atoms with E-state index in [1.54, 1.807) is 0 Å². The summed E-state index contributed by atoms with van der Waals surface area (Å²) < 4.78 is 0. The molecule has 0 aliphatic heterocycles. The van der Waals surface area contributed by atoms with Gasteiger partial charge < -0.3 is 5.73 Å². The summed E-state index contributed by atoms with van der Waals surface area (Å²) in [5, 5.41) is 0. The second kappa shape index (κ2) is 5.61. The van der Waals surface area contributed by atoms with Gasteiger partial charge in [0.05, 0.1) is 0 Å². The molecule has 0 amide bonds. The van der Waals surface area contributed by atoms with E-state index in [1.807, 2.05) is 0 Å². The summed E-state index contributed by atoms with van der Waals surface area (Å²) >= 11 is 0. The lowest BCUT2D eigenvalue weighted by atomic mass is 10.1. The molecule has 2 N–H and O–H groups in total. The van der Waals surface area contributed by atoms with Crippen LogP contribution in [0.2, 0.25) is 0 Å². The highest BCUT2D eigenvalue weighted by molar-refractivity contribution is 5.43. The fourth-order valence-corrected chi connectivity index (χ4v) is 2.82. The molecule has 104 valence electrons. The molecule has 3 rings (SSSR count). The molecule has 20 heavy (non-hydrogen) atoms. The van der Waals surface area contributed by atoms with Gasteiger partial charge in [-0.05, 0) is 38.2 Å². The molecule has 0 atom stereocenters. The van der Waals surface area contributed by atoms with Crippen LogP contribution in [0.3, 0.4) is 0 Å². The Hall–Kier alpha value is -1.90. The predicted octanol–water partition coefficient (Wildman–Crippen LogP) is 3.23. The molecule has 0 saturated heterocycles. The van der Waals surface area contributed by atoms with Gasteiger partial charge >= 0.3 is 0 Å². The van der Waals surface area contributed by atoms with Crippen LogP contribution in [0.1, 0.15) is 47.5 Å². The van der Waals surface area contributed by atoms with Gasteiger partial charge in [0.1, 0.15) is 11.6 Å². The van der Waals surface area contributed by atoms with Crippen molar-refractivity contribution >= 4 is 5.82 Å². The van der Waals surface area contributed by atoms with Crippen molar-refractivity contribution in [3.05, 3.63) is 52.5 Å². The van der Waals surface area contributed by atoms with Crippen LogP contribution >= 0.6 is 0 Å². The lowest BCUT2D eigenvalue weighted by Crippen LogP contribution is -2.09. The molecule has 3 nitrogen and oxygen atoms in total. The van der Waals surface area contributed by atoms with Crippen LogP contribution in [0.5, 0.6) is 0 Å². The van der Waals surface area contributed by atoms with E-state index in [0.717, 1.165) is 25.1 Å². The first-order chi connectivity index (χ1) is 9.72. The smallest absolute Gasteiger partial charge is 0.135 e. The second-order valence-electron chi connectivity index (χ2n) is 5.67. The number of fused-ring (bicyclic) bond motifs is 1. The standard InChI is InChI=1S/C17H21N3/c1-12-7-9-13(10-8-12)11-16-19-15-6-4-2-3-5-14(15)17(18)20-16/h7-10H,2-6,11H2,1H3,(H2,18,19,20). The third kappa shape index (κ3) is 2.82. The van der Waals surface area contributed by atoms with E-state index < -0.39 is 0 Å². The van der Waals surface area contributed by atoms with Crippen LogP contribution in [0.25, 0.3) is 0 Å². The maximum absolute atomic E-state index is 6.14. The third-order valence-corrected chi connectivity index (χ3v) is 3.99. The fraction of sp³-hybridized carbons (Fsp3) is 0.412. The number of rotatable bonds is 2. The molecule has 1 aliphatic rings. The summed E-state index contributed by atoms with van der Waals surface area (Å²) in [5.74, 6) is 1.55. The molecule has 1 aromatic heterocycles. The molecule has 1 heterocycles. The molecule has 0 spiro atoms. The highest BCUT2D eigenvalue weighted by Gasteiger charge is 2.15. The van der Waals surface area contributed by atoms with Crippen LogP contribution in [-0.4, -0.2) is 9.97 Å². The van der Waals surface area contributed by atoms with Crippen molar-refractivity contribution in [3.63, 3.8) is 0 Å². The van der Waals surface area contributed by atoms with Crippen molar-refractivity contribution in [3.8, 4) is 0 Å². The first-order valence-corrected chi connectivity index (χ1v) is 7.42. The monoisotopic (exact) mass is 267 g/mol. The van der Waals surface area contributed by atoms with E-state index in [4.69, 9.17) is 10.7 Å². The van der Waals surface area contributed by atoms with Crippen LogP contribution in [0, 0.1) is 6.92 Å². The minimum absolute atomic E-state index is 0.694. The summed E-state index contributed by atoms with van der Waals surface area (Å²) in [6.07, 6.45) is 6.53. The molecule has 2 aromatic rings. The van der Waals surface area contributed by atoms with E-state index in [0.29, 0.717) is 5.82 Å². The Morgan fingerprint density at radius 3 is 2.55 bits per heavy atom. The Labute approximate surface area is 120 Å². The van der Waals surface area contributed by atoms with Gasteiger partial charge in [-0.25, -0.2) is 9.97 Å². The van der Waals surface area contributed by atoms with Crippen LogP contribution in [0.4, 0.5) is 5.82 Å². The van der Waals surface area contributed by atoms with Crippen molar-refractivity contribution in [1.29, 1.82) is 0 Å². The maximum atomic E-state index is 6.14. The molecule has 0 saturated carbocycles. The summed E-state index contributed by atoms with van der Waals surface area (Å²) in [5.41, 5.74) is 11.0. The molecule has 0 radical (unpaired) electrons. The molecule has 0 unspecified atom stereocenters. The Morgan fingerprint density at radius 2 is 1.75 bits per heavy atom. The number of benzene rings is 1. The van der Waals surface area contributed by atoms with Crippen molar-refractivity contribution in [2.75, 3.05) is 5.73 Å². The predicted molar refractivity (Wildman–Crippen MR) is 81.7 cm³/mol. The third-order valence-electron chi connectivity index (χ3n) is 3.99. The van der Waals surface area contributed by atoms with E-state index in [1.165, 1.54) is 41.6 Å². The number of hydrogen-bond acceptors (Lipinski definition) is 3. The summed E-state index contributed by atoms with van der Waals surface area (Å²) in [6, 6.07) is 8.53. The molecular weight excluding hydrogens is 246 g/mol. The summed E-state index contributed by atoms with van der Waals surface area (Å²) in [7, 11) is 0. The Balaban J connectivity index is 1.89. The van der Waals surface area contributed by atoms with Gasteiger partial charge in [-0.1, -0.05) is 36.2 Å². The normalized spacial score (nSPS) is 14.7. The number of anilines is 1. The molecule has 0 fully saturated rings. The number of nitrogens with zero attached hydrogens (tertiary/aromatic N) is 2. The minimum Gasteiger partial charge on any atom is -0.383 e. The van der Waals surface area contributed by atoms with Crippen LogP contribution in [-0.2, 0) is 19.3 Å². The fourth-order valence-electron chi connectivity index (χ4n) is 2.82. The average Bonchev–Trinajstić information content (AvgIpc) is 2.67. The lowest BCUT2D eigenvalue weighted by Gasteiger charge is -2.10. The highest BCUT2D eigenvalue weighted by Crippen LogP contribution is 2.23. The van der Waals surface area contributed by atoms with E-state index >= 15 is 0 Å². The van der Waals surface area contributed by atoms with Gasteiger partial charge in [0, 0.05) is 17.7 Å². The summed E-state index contributed by atoms with van der Waals surface area (Å²) in [4.78, 5) is 9.27. The minimum atomic E-state index is 0.694. The van der Waals surface area contributed by atoms with E-state index in [2.05, 4.69) is 36.2 Å². The van der Waals surface area contributed by atoms with Crippen LogP contribution in [0.15, 0.2) is 24.3 Å². The van der Waals surface area contributed by atoms with Gasteiger partial charge in [-0.3, -0.25) is 0 Å². The van der Waals surface area contributed by atoms with Gasteiger partial charge in [-0.15, -0.1) is 0 Å². The zero-order valence-electron chi connectivity index (χ0n) is 12.0. The van der Waals surface area contributed by atoms with E-state index in [9.17, 15) is 0 Å². The second-order valence-corrected chi connectivity index (χ2v) is 5.67. The van der Waals surface area contributed by atoms with Gasteiger partial charge in [0.25, 0.3) is 0 Å². The largest absolute Gasteiger partial charge is 0.383 e. The molecular formula is C17H21N3. The topological polar surface area (TPSA) is 51.8 Å². The molecule has 3 heteroatoms. The SMILES string of the molecule is Cc1ccc(Cc2nc(N)c3c(n2)CCCCC3)cc1. The van der Waals surface area contributed by atoms with E-state index in [-0.39, 0.29) is 0 Å². The Bertz CT molecular complexity index is 602. The number of hydrogen-bond donors (Lipinski definition) is 1. The summed E-state index contributed by atoms with van der Waals surface area (Å²) in [6.45, 7) is 2.10. The maximum Gasteiger partial charge on any atom is 0.135 e. The van der Waals surface area contributed by atoms with Gasteiger partial charge in [0.15, 0.2) is 0 Å². The van der Waals surface area contributed by atoms with Crippen molar-refractivity contribution in [2.24, 2.45) is 0 Å². The number of aromatic nitrogens is 2. The first-order valence-electron chi connectivity index (χ1n) is 7.42. The van der Waals surface area contributed by atoms with Crippen molar-refractivity contribution in [2.45, 2.75) is 45.4 Å². The first kappa shape index (κ1) is 13.1. The number of aryl methyl sites for hydroxylation is 2. The van der Waals surface area contributed by atoms with Gasteiger partial charge in [0.2, 0.25) is 0 Å². The zero-order chi connectivity index (χ0) is 13.9. The van der Waals surface area contributed by atoms with Gasteiger partial charge in [-0.2, -0.15) is 0 Å². The zero-order valence-corrected chi connectivity index (χ0v) is 12.0. The molecule has 1 aliphatic carbocycles. The Kier molecular flexibility index (Phi) is 3.68. The quantitative estimate of drug-likeness (QED) is 0.850. The average molecular weight is 267 g/mol. The number of nitrogens with two attached hydrogens (primary N) is 1. The van der Waals surface area contributed by atoms with Crippen molar-refractivity contribution in [1.82, 2.24) is 9.97 Å². The lowest BCUT2D eigenvalue weighted by molar-refractivity contribution is 0.708. The molecule has 1 aromatic carbocycles. The van der Waals surface area contributed by atoms with Crippen molar-refractivity contribution < 1.29 is 0 Å². The highest BCUT2D eigenvalue weighted by atomic mass is 15.0. The Morgan fingerprint density at radius 1 is 1.00 bits per heavy atom.